The van der Waals surface area contributed by atoms with Gasteiger partial charge in [0.15, 0.2) is 0 Å². The molecule has 3 aliphatic heterocycles. The van der Waals surface area contributed by atoms with Gasteiger partial charge in [-0.05, 0) is 48.9 Å². The second-order valence-corrected chi connectivity index (χ2v) is 14.6. The number of benzene rings is 2. The zero-order valence-electron chi connectivity index (χ0n) is 28.6. The van der Waals surface area contributed by atoms with Crippen LogP contribution < -0.4 is 10.6 Å². The van der Waals surface area contributed by atoms with E-state index in [1.54, 1.807) is 18.0 Å². The zero-order valence-corrected chi connectivity index (χ0v) is 30.1. The molecule has 0 saturated carbocycles. The maximum absolute atomic E-state index is 14.3. The fourth-order valence-electron chi connectivity index (χ4n) is 7.02. The number of quaternary nitrogens is 1. The molecular weight excluding hydrogens is 700 g/mol. The summed E-state index contributed by atoms with van der Waals surface area (Å²) in [6, 6.07) is 13.8. The minimum atomic E-state index is -2.76. The number of nitriles is 1. The first-order chi connectivity index (χ1) is 24.2. The second kappa shape index (κ2) is 15.9. The van der Waals surface area contributed by atoms with Crippen molar-refractivity contribution in [2.45, 2.75) is 51.1 Å². The molecule has 3 fully saturated rings. The lowest BCUT2D eigenvalue weighted by Crippen LogP contribution is -2.72. The molecule has 3 atom stereocenters. The van der Waals surface area contributed by atoms with E-state index in [9.17, 15) is 29.2 Å². The molecule has 0 aliphatic carbocycles. The molecule has 270 valence electrons. The standard InChI is InChI=1S/C35H40BCl2N5O8/c1-22(2)14-24(17-39)35(48)42-13-7-10-26(42)20-49-21-29(40-33(46)27-16-25(37)11-12-28(27)38)34(47)41-30(15-23-8-5-4-6-9-23)36-43(3,18-31(44)50-36)19-32(45)51-36/h4-6,8-9,11-12,14,16,22,26,29-30H,7,10,13,15,18-21H2,1-3H3,(H,40,46)(H,41,47)/t26-,29?,30?,36?,43?/m1/s1. The Hall–Kier alpha value is -4.42. The zero-order chi connectivity index (χ0) is 36.9. The fourth-order valence-corrected chi connectivity index (χ4v) is 7.39. The van der Waals surface area contributed by atoms with Gasteiger partial charge >= 0.3 is 18.6 Å². The molecule has 2 unspecified atom stereocenters. The number of rotatable bonds is 13. The van der Waals surface area contributed by atoms with Gasteiger partial charge in [-0.15, -0.1) is 0 Å². The SMILES string of the molecule is CC(C)C=C(C#N)C(=O)N1CCC[C@@H]1COCC(NC(=O)c1cc(Cl)ccc1Cl)C(=O)NC(Cc1ccccc1)[B-]12OC(=O)C[N+]1(C)CC(=O)O2. The van der Waals surface area contributed by atoms with Gasteiger partial charge < -0.3 is 34.0 Å². The molecule has 16 heteroatoms. The Kier molecular flexibility index (Phi) is 11.8. The lowest BCUT2D eigenvalue weighted by molar-refractivity contribution is -0.794. The molecule has 3 saturated heterocycles. The van der Waals surface area contributed by atoms with E-state index in [4.69, 9.17) is 37.2 Å². The van der Waals surface area contributed by atoms with Crippen LogP contribution in [0.15, 0.2) is 60.2 Å². The summed E-state index contributed by atoms with van der Waals surface area (Å²) >= 11 is 12.5. The summed E-state index contributed by atoms with van der Waals surface area (Å²) in [5.74, 6) is -3.96. The van der Waals surface area contributed by atoms with Gasteiger partial charge in [0.05, 0.1) is 35.8 Å². The highest BCUT2D eigenvalue weighted by Gasteiger charge is 2.69. The first-order valence-electron chi connectivity index (χ1n) is 16.8. The van der Waals surface area contributed by atoms with Gasteiger partial charge in [0.2, 0.25) is 5.91 Å². The highest BCUT2D eigenvalue weighted by atomic mass is 35.5. The summed E-state index contributed by atoms with van der Waals surface area (Å²) in [5.41, 5.74) is 0.849. The molecule has 3 amide bonds. The summed E-state index contributed by atoms with van der Waals surface area (Å²) < 4.78 is 17.4. The van der Waals surface area contributed by atoms with Crippen LogP contribution in [0.3, 0.4) is 0 Å². The summed E-state index contributed by atoms with van der Waals surface area (Å²) in [4.78, 5) is 68.0. The lowest BCUT2D eigenvalue weighted by Gasteiger charge is -2.44. The highest BCUT2D eigenvalue weighted by Crippen LogP contribution is 2.37. The van der Waals surface area contributed by atoms with E-state index in [1.165, 1.54) is 18.2 Å². The maximum atomic E-state index is 14.3. The van der Waals surface area contributed by atoms with Crippen LogP contribution in [0.5, 0.6) is 0 Å². The number of halogens is 2. The lowest BCUT2D eigenvalue weighted by atomic mass is 9.58. The van der Waals surface area contributed by atoms with E-state index < -0.39 is 42.4 Å². The van der Waals surface area contributed by atoms with Crippen molar-refractivity contribution in [1.29, 1.82) is 5.26 Å². The Morgan fingerprint density at radius 2 is 1.78 bits per heavy atom. The van der Waals surface area contributed by atoms with E-state index in [0.29, 0.717) is 19.4 Å². The van der Waals surface area contributed by atoms with Gasteiger partial charge in [-0.25, -0.2) is 0 Å². The number of nitrogens with zero attached hydrogens (tertiary/aromatic N) is 3. The van der Waals surface area contributed by atoms with Crippen LogP contribution in [0, 0.1) is 17.2 Å². The fraction of sp³-hybridized carbons (Fsp3) is 0.429. The smallest absolute Gasteiger partial charge is 0.599 e. The summed E-state index contributed by atoms with van der Waals surface area (Å²) in [7, 11) is 1.67. The third kappa shape index (κ3) is 8.39. The number of fused-ring (bicyclic) bond motifs is 1. The minimum absolute atomic E-state index is 0.000549. The number of likely N-dealkylation sites (N-methyl/N-ethyl adjacent to an activating group) is 1. The van der Waals surface area contributed by atoms with E-state index in [0.717, 1.165) is 5.56 Å². The molecule has 13 nitrogen and oxygen atoms in total. The van der Waals surface area contributed by atoms with Crippen molar-refractivity contribution in [3.8, 4) is 6.07 Å². The Bertz CT molecular complexity index is 1750. The van der Waals surface area contributed by atoms with Crippen molar-refractivity contribution >= 4 is 59.5 Å². The summed E-state index contributed by atoms with van der Waals surface area (Å²) in [6.07, 6.45) is 3.07. The quantitative estimate of drug-likeness (QED) is 0.179. The van der Waals surface area contributed by atoms with Crippen molar-refractivity contribution in [2.75, 3.05) is 39.9 Å². The van der Waals surface area contributed by atoms with Gasteiger partial charge in [-0.2, -0.15) is 5.26 Å². The first-order valence-corrected chi connectivity index (χ1v) is 17.5. The molecule has 2 aromatic rings. The molecule has 0 spiro atoms. The monoisotopic (exact) mass is 739 g/mol. The molecule has 2 aromatic carbocycles. The molecule has 5 rings (SSSR count). The van der Waals surface area contributed by atoms with Gasteiger partial charge in [0, 0.05) is 18.6 Å². The molecule has 2 N–H and O–H groups in total. The van der Waals surface area contributed by atoms with Crippen LogP contribution in [-0.4, -0.2) is 104 Å². The highest BCUT2D eigenvalue weighted by molar-refractivity contribution is 6.68. The second-order valence-electron chi connectivity index (χ2n) is 13.7. The van der Waals surface area contributed by atoms with Crippen molar-refractivity contribution in [3.63, 3.8) is 0 Å². The van der Waals surface area contributed by atoms with Gasteiger partial charge in [0.25, 0.3) is 11.8 Å². The summed E-state index contributed by atoms with van der Waals surface area (Å²) in [5, 5.41) is 15.6. The number of amides is 3. The number of ether oxygens (including phenoxy) is 1. The molecule has 3 aliphatic rings. The number of hydrogen-bond donors (Lipinski definition) is 2. The number of allylic oxidation sites excluding steroid dienone is 1. The normalized spacial score (nSPS) is 24.0. The minimum Gasteiger partial charge on any atom is -0.599 e. The Labute approximate surface area is 306 Å². The Morgan fingerprint density at radius 1 is 1.10 bits per heavy atom. The van der Waals surface area contributed by atoms with Crippen LogP contribution in [0.1, 0.15) is 42.6 Å². The first kappa shape index (κ1) is 37.8. The molecule has 0 bridgehead atoms. The van der Waals surface area contributed by atoms with Crippen molar-refractivity contribution < 1.29 is 42.4 Å². The van der Waals surface area contributed by atoms with E-state index in [2.05, 4.69) is 10.6 Å². The number of nitrogens with one attached hydrogen (secondary N) is 2. The number of likely N-dealkylation sites (tertiary alicyclic amines) is 1. The predicted molar refractivity (Wildman–Crippen MR) is 188 cm³/mol. The molecule has 3 heterocycles. The van der Waals surface area contributed by atoms with Crippen LogP contribution in [0.4, 0.5) is 0 Å². The predicted octanol–water partition coefficient (Wildman–Crippen LogP) is 2.97. The van der Waals surface area contributed by atoms with Gasteiger partial charge in [0.1, 0.15) is 30.8 Å². The molecule has 51 heavy (non-hydrogen) atoms. The third-order valence-electron chi connectivity index (χ3n) is 9.46. The third-order valence-corrected chi connectivity index (χ3v) is 10.0. The summed E-state index contributed by atoms with van der Waals surface area (Å²) in [6.45, 7) is 0.885. The largest absolute Gasteiger partial charge is 0.605 e. The van der Waals surface area contributed by atoms with Crippen molar-refractivity contribution in [2.24, 2.45) is 5.92 Å². The van der Waals surface area contributed by atoms with Crippen molar-refractivity contribution in [1.82, 2.24) is 15.5 Å². The number of carbonyl (C=O) groups excluding carboxylic acids is 5. The van der Waals surface area contributed by atoms with Gasteiger partial charge in [-0.3, -0.25) is 24.0 Å². The van der Waals surface area contributed by atoms with E-state index in [-0.39, 0.29) is 76.2 Å². The van der Waals surface area contributed by atoms with Gasteiger partial charge in [-0.1, -0.05) is 73.5 Å². The molecule has 0 radical (unpaired) electrons. The molecular formula is C35H40BCl2N5O8. The van der Waals surface area contributed by atoms with Crippen LogP contribution >= 0.6 is 23.2 Å². The van der Waals surface area contributed by atoms with E-state index >= 15 is 0 Å². The number of carbonyl (C=O) groups is 5. The van der Waals surface area contributed by atoms with Crippen LogP contribution in [-0.2, 0) is 39.6 Å². The average molecular weight is 740 g/mol. The van der Waals surface area contributed by atoms with Crippen LogP contribution in [0.2, 0.25) is 10.0 Å². The average Bonchev–Trinajstić information content (AvgIpc) is 3.71. The Balaban J connectivity index is 1.40. The van der Waals surface area contributed by atoms with E-state index in [1.807, 2.05) is 50.2 Å². The topological polar surface area (TPSA) is 164 Å². The maximum Gasteiger partial charge on any atom is 0.605 e. The molecule has 0 aromatic heterocycles. The number of hydrogen-bond acceptors (Lipinski definition) is 9. The van der Waals surface area contributed by atoms with Crippen LogP contribution in [0.25, 0.3) is 0 Å². The Morgan fingerprint density at radius 3 is 2.43 bits per heavy atom. The van der Waals surface area contributed by atoms with Crippen molar-refractivity contribution in [3.05, 3.63) is 81.4 Å².